The van der Waals surface area contributed by atoms with Crippen LogP contribution in [-0.4, -0.2) is 36.0 Å². The molecule has 0 N–H and O–H groups in total. The van der Waals surface area contributed by atoms with Gasteiger partial charge >= 0.3 is 5.69 Å². The number of carbonyl (C=O) groups is 1. The standard InChI is InChI=1S/C25H23N5O4/c1-15(16(2)31)29-23(32)21-22(27(3)25(29)33)26-24-28(21)14-20(17-8-6-5-7-9-17)30(24)18-10-12-19(34-4)13-11-18/h5-15H,1-4H3/t15-/m0/s1. The highest BCUT2D eigenvalue weighted by molar-refractivity contribution is 5.82. The summed E-state index contributed by atoms with van der Waals surface area (Å²) in [7, 11) is 3.16. The van der Waals surface area contributed by atoms with Crippen LogP contribution in [0.4, 0.5) is 0 Å². The van der Waals surface area contributed by atoms with Gasteiger partial charge in [-0.2, -0.15) is 4.98 Å². The van der Waals surface area contributed by atoms with E-state index in [-0.39, 0.29) is 16.9 Å². The van der Waals surface area contributed by atoms with E-state index in [0.29, 0.717) is 11.5 Å². The van der Waals surface area contributed by atoms with E-state index in [2.05, 4.69) is 0 Å². The minimum Gasteiger partial charge on any atom is -0.497 e. The normalized spacial score (nSPS) is 12.4. The summed E-state index contributed by atoms with van der Waals surface area (Å²) >= 11 is 0. The van der Waals surface area contributed by atoms with Crippen LogP contribution in [0.2, 0.25) is 0 Å². The van der Waals surface area contributed by atoms with Gasteiger partial charge in [0.05, 0.1) is 18.8 Å². The van der Waals surface area contributed by atoms with Gasteiger partial charge in [-0.25, -0.2) is 9.36 Å². The first-order chi connectivity index (χ1) is 16.3. The molecule has 0 amide bonds. The summed E-state index contributed by atoms with van der Waals surface area (Å²) in [6.45, 7) is 2.91. The van der Waals surface area contributed by atoms with Crippen molar-refractivity contribution in [3.8, 4) is 22.7 Å². The molecular weight excluding hydrogens is 434 g/mol. The van der Waals surface area contributed by atoms with Gasteiger partial charge in [0.25, 0.3) is 5.56 Å². The van der Waals surface area contributed by atoms with Crippen LogP contribution in [0.5, 0.6) is 5.75 Å². The van der Waals surface area contributed by atoms with Gasteiger partial charge in [-0.05, 0) is 38.1 Å². The molecule has 0 saturated carbocycles. The molecule has 1 atom stereocenters. The zero-order valence-corrected chi connectivity index (χ0v) is 19.2. The average molecular weight is 457 g/mol. The molecule has 0 spiro atoms. The molecule has 0 aliphatic carbocycles. The second-order valence-electron chi connectivity index (χ2n) is 8.17. The lowest BCUT2D eigenvalue weighted by molar-refractivity contribution is -0.119. The van der Waals surface area contributed by atoms with Gasteiger partial charge in [0.2, 0.25) is 5.78 Å². The van der Waals surface area contributed by atoms with Gasteiger partial charge < -0.3 is 4.74 Å². The van der Waals surface area contributed by atoms with Crippen molar-refractivity contribution in [2.45, 2.75) is 19.9 Å². The van der Waals surface area contributed by atoms with Gasteiger partial charge in [-0.1, -0.05) is 30.3 Å². The lowest BCUT2D eigenvalue weighted by Crippen LogP contribution is -2.42. The SMILES string of the molecule is COc1ccc(-n2c(-c3ccccc3)cn3c4c(=O)n([C@@H](C)C(C)=O)c(=O)n(C)c4nc23)cc1. The molecule has 5 rings (SSSR count). The summed E-state index contributed by atoms with van der Waals surface area (Å²) < 4.78 is 11.2. The van der Waals surface area contributed by atoms with Crippen molar-refractivity contribution in [3.05, 3.63) is 81.6 Å². The number of ether oxygens (including phenoxy) is 1. The summed E-state index contributed by atoms with van der Waals surface area (Å²) in [5.41, 5.74) is 1.90. The maximum absolute atomic E-state index is 13.5. The number of hydrogen-bond acceptors (Lipinski definition) is 5. The first-order valence-corrected chi connectivity index (χ1v) is 10.8. The molecule has 172 valence electrons. The molecule has 3 heterocycles. The van der Waals surface area contributed by atoms with Crippen molar-refractivity contribution in [2.75, 3.05) is 7.11 Å². The third kappa shape index (κ3) is 3.08. The monoisotopic (exact) mass is 457 g/mol. The van der Waals surface area contributed by atoms with Crippen molar-refractivity contribution >= 4 is 22.7 Å². The Kier molecular flexibility index (Phi) is 4.97. The van der Waals surface area contributed by atoms with Crippen LogP contribution in [0.1, 0.15) is 19.9 Å². The van der Waals surface area contributed by atoms with Gasteiger partial charge in [0.15, 0.2) is 16.9 Å². The first kappa shape index (κ1) is 21.4. The maximum atomic E-state index is 13.5. The van der Waals surface area contributed by atoms with E-state index >= 15 is 0 Å². The smallest absolute Gasteiger partial charge is 0.333 e. The first-order valence-electron chi connectivity index (χ1n) is 10.8. The van der Waals surface area contributed by atoms with Crippen LogP contribution in [0.25, 0.3) is 33.9 Å². The second kappa shape index (κ2) is 7.87. The molecule has 0 fully saturated rings. The molecule has 2 aromatic carbocycles. The summed E-state index contributed by atoms with van der Waals surface area (Å²) in [5.74, 6) is 0.907. The average Bonchev–Trinajstić information content (AvgIpc) is 3.40. The van der Waals surface area contributed by atoms with Crippen LogP contribution in [-0.2, 0) is 11.8 Å². The van der Waals surface area contributed by atoms with Crippen LogP contribution in [0.3, 0.4) is 0 Å². The van der Waals surface area contributed by atoms with Crippen LogP contribution in [0.15, 0.2) is 70.4 Å². The fraction of sp³-hybridized carbons (Fsp3) is 0.200. The van der Waals surface area contributed by atoms with Gasteiger partial charge in [-0.15, -0.1) is 0 Å². The number of benzene rings is 2. The fourth-order valence-electron chi connectivity index (χ4n) is 4.18. The Morgan fingerprint density at radius 2 is 1.71 bits per heavy atom. The number of ketones is 1. The lowest BCUT2D eigenvalue weighted by Gasteiger charge is -2.12. The summed E-state index contributed by atoms with van der Waals surface area (Å²) in [5, 5.41) is 0. The number of Topliss-reactive ketones (excluding diaryl/α,β-unsaturated/α-hetero) is 1. The van der Waals surface area contributed by atoms with E-state index in [1.54, 1.807) is 25.5 Å². The second-order valence-corrected chi connectivity index (χ2v) is 8.17. The van der Waals surface area contributed by atoms with E-state index < -0.39 is 17.3 Å². The third-order valence-electron chi connectivity index (χ3n) is 6.17. The minimum absolute atomic E-state index is 0.231. The Bertz CT molecular complexity index is 1670. The Morgan fingerprint density at radius 3 is 2.32 bits per heavy atom. The quantitative estimate of drug-likeness (QED) is 0.405. The van der Waals surface area contributed by atoms with Gasteiger partial charge in [0.1, 0.15) is 5.75 Å². The molecule has 3 aromatic heterocycles. The van der Waals surface area contributed by atoms with Gasteiger partial charge in [0, 0.05) is 24.5 Å². The van der Waals surface area contributed by atoms with Crippen molar-refractivity contribution in [2.24, 2.45) is 7.05 Å². The number of aromatic nitrogens is 5. The summed E-state index contributed by atoms with van der Waals surface area (Å²) in [6, 6.07) is 16.4. The van der Waals surface area contributed by atoms with Crippen molar-refractivity contribution in [3.63, 3.8) is 0 Å². The van der Waals surface area contributed by atoms with E-state index in [0.717, 1.165) is 21.5 Å². The van der Waals surface area contributed by atoms with Crippen LogP contribution in [0, 0.1) is 0 Å². The molecule has 9 nitrogen and oxygen atoms in total. The fourth-order valence-corrected chi connectivity index (χ4v) is 4.18. The van der Waals surface area contributed by atoms with E-state index in [9.17, 15) is 14.4 Å². The third-order valence-corrected chi connectivity index (χ3v) is 6.17. The zero-order chi connectivity index (χ0) is 24.1. The molecule has 0 saturated heterocycles. The molecule has 0 aliphatic rings. The Hall–Kier alpha value is -4.40. The van der Waals surface area contributed by atoms with Crippen LogP contribution >= 0.6 is 0 Å². The predicted molar refractivity (Wildman–Crippen MR) is 129 cm³/mol. The highest BCUT2D eigenvalue weighted by atomic mass is 16.5. The number of methoxy groups -OCH3 is 1. The lowest BCUT2D eigenvalue weighted by atomic mass is 10.1. The number of hydrogen-bond donors (Lipinski definition) is 0. The zero-order valence-electron chi connectivity index (χ0n) is 19.2. The number of fused-ring (bicyclic) bond motifs is 3. The Balaban J connectivity index is 1.92. The Morgan fingerprint density at radius 1 is 1.03 bits per heavy atom. The topological polar surface area (TPSA) is 92.5 Å². The highest BCUT2D eigenvalue weighted by Crippen LogP contribution is 2.29. The molecule has 0 radical (unpaired) electrons. The molecule has 5 aromatic rings. The summed E-state index contributed by atoms with van der Waals surface area (Å²) in [4.78, 5) is 43.2. The van der Waals surface area contributed by atoms with Crippen molar-refractivity contribution in [1.82, 2.24) is 23.1 Å². The maximum Gasteiger partial charge on any atom is 0.333 e. The molecule has 0 aliphatic heterocycles. The largest absolute Gasteiger partial charge is 0.497 e. The molecule has 0 unspecified atom stereocenters. The Labute approximate surface area is 194 Å². The summed E-state index contributed by atoms with van der Waals surface area (Å²) in [6.07, 6.45) is 1.83. The number of aryl methyl sites for hydroxylation is 1. The van der Waals surface area contributed by atoms with Crippen molar-refractivity contribution < 1.29 is 9.53 Å². The predicted octanol–water partition coefficient (Wildman–Crippen LogP) is 2.96. The van der Waals surface area contributed by atoms with E-state index in [1.165, 1.54) is 11.5 Å². The highest BCUT2D eigenvalue weighted by Gasteiger charge is 2.25. The number of imidazole rings is 2. The van der Waals surface area contributed by atoms with Gasteiger partial charge in [-0.3, -0.25) is 23.1 Å². The van der Waals surface area contributed by atoms with E-state index in [4.69, 9.17) is 9.72 Å². The number of rotatable bonds is 5. The minimum atomic E-state index is -0.890. The molecular formula is C25H23N5O4. The number of carbonyl (C=O) groups excluding carboxylic acids is 1. The van der Waals surface area contributed by atoms with E-state index in [1.807, 2.05) is 65.4 Å². The van der Waals surface area contributed by atoms with Crippen LogP contribution < -0.4 is 16.0 Å². The molecule has 34 heavy (non-hydrogen) atoms. The number of nitrogens with zero attached hydrogens (tertiary/aromatic N) is 5. The molecule has 9 heteroatoms. The van der Waals surface area contributed by atoms with Crippen molar-refractivity contribution in [1.29, 1.82) is 0 Å². The molecule has 0 bridgehead atoms.